The number of aromatic nitrogens is 2. The Kier molecular flexibility index (Phi) is 6.21. The van der Waals surface area contributed by atoms with Crippen molar-refractivity contribution in [3.63, 3.8) is 0 Å². The van der Waals surface area contributed by atoms with Gasteiger partial charge in [-0.25, -0.2) is 0 Å². The first-order chi connectivity index (χ1) is 12.9. The van der Waals surface area contributed by atoms with Crippen LogP contribution in [0, 0.1) is 0 Å². The Balaban J connectivity index is 1.58. The number of rotatable bonds is 6. The monoisotopic (exact) mass is 425 g/mol. The molecule has 0 aliphatic carbocycles. The molecule has 0 unspecified atom stereocenters. The number of amides is 1. The Hall–Kier alpha value is -2.28. The van der Waals surface area contributed by atoms with Gasteiger partial charge >= 0.3 is 0 Å². The van der Waals surface area contributed by atoms with Crippen molar-refractivity contribution in [3.8, 4) is 17.2 Å². The highest BCUT2D eigenvalue weighted by Crippen LogP contribution is 2.33. The molecule has 140 valence electrons. The molecule has 0 bridgehead atoms. The van der Waals surface area contributed by atoms with Gasteiger partial charge in [-0.3, -0.25) is 4.79 Å². The van der Waals surface area contributed by atoms with Gasteiger partial charge in [0.1, 0.15) is 5.75 Å². The molecular weight excluding hydrogens is 413 g/mol. The van der Waals surface area contributed by atoms with Crippen molar-refractivity contribution in [1.82, 2.24) is 15.1 Å². The van der Waals surface area contributed by atoms with Crippen LogP contribution in [0.1, 0.15) is 5.89 Å². The average Bonchev–Trinajstić information content (AvgIpc) is 3.12. The lowest BCUT2D eigenvalue weighted by Gasteiger charge is -2.16. The topological polar surface area (TPSA) is 68.5 Å². The number of hydrogen-bond donors (Lipinski definition) is 0. The van der Waals surface area contributed by atoms with Crippen LogP contribution in [0.2, 0.25) is 15.1 Å². The third-order valence-corrected chi connectivity index (χ3v) is 4.63. The summed E-state index contributed by atoms with van der Waals surface area (Å²) in [6, 6.07) is 12.3. The molecule has 1 aromatic heterocycles. The van der Waals surface area contributed by atoms with Crippen LogP contribution in [0.25, 0.3) is 11.5 Å². The lowest BCUT2D eigenvalue weighted by atomic mass is 10.2. The molecule has 6 nitrogen and oxygen atoms in total. The predicted molar refractivity (Wildman–Crippen MR) is 103 cm³/mol. The fourth-order valence-electron chi connectivity index (χ4n) is 2.17. The van der Waals surface area contributed by atoms with Crippen LogP contribution >= 0.6 is 34.8 Å². The van der Waals surface area contributed by atoms with Gasteiger partial charge in [0.15, 0.2) is 6.61 Å². The Morgan fingerprint density at radius 1 is 1.07 bits per heavy atom. The number of benzene rings is 2. The van der Waals surface area contributed by atoms with Crippen molar-refractivity contribution >= 4 is 40.7 Å². The fraction of sp³-hybridized carbons (Fsp3) is 0.167. The molecule has 0 saturated heterocycles. The molecule has 0 saturated carbocycles. The van der Waals surface area contributed by atoms with Crippen LogP contribution in [0.5, 0.6) is 5.75 Å². The zero-order valence-electron chi connectivity index (χ0n) is 14.2. The van der Waals surface area contributed by atoms with Crippen LogP contribution < -0.4 is 4.74 Å². The number of ether oxygens (including phenoxy) is 1. The second kappa shape index (κ2) is 8.61. The van der Waals surface area contributed by atoms with Crippen LogP contribution in [0.3, 0.4) is 0 Å². The molecule has 1 amide bonds. The molecule has 0 spiro atoms. The Labute approximate surface area is 170 Å². The highest BCUT2D eigenvalue weighted by atomic mass is 35.5. The Bertz CT molecular complexity index is 948. The molecule has 2 aromatic carbocycles. The van der Waals surface area contributed by atoms with Gasteiger partial charge in [0.05, 0.1) is 21.6 Å². The maximum Gasteiger partial charge on any atom is 0.260 e. The van der Waals surface area contributed by atoms with E-state index in [0.29, 0.717) is 16.8 Å². The number of hydrogen-bond acceptors (Lipinski definition) is 5. The van der Waals surface area contributed by atoms with Gasteiger partial charge in [-0.1, -0.05) is 53.0 Å². The van der Waals surface area contributed by atoms with Crippen molar-refractivity contribution in [2.75, 3.05) is 13.7 Å². The number of nitrogens with zero attached hydrogens (tertiary/aromatic N) is 3. The maximum atomic E-state index is 12.3. The van der Waals surface area contributed by atoms with Gasteiger partial charge in [0.2, 0.25) is 11.8 Å². The molecule has 0 atom stereocenters. The molecule has 1 heterocycles. The Morgan fingerprint density at radius 2 is 1.78 bits per heavy atom. The van der Waals surface area contributed by atoms with E-state index in [1.807, 2.05) is 30.3 Å². The predicted octanol–water partition coefficient (Wildman–Crippen LogP) is 4.73. The first-order valence-electron chi connectivity index (χ1n) is 7.83. The summed E-state index contributed by atoms with van der Waals surface area (Å²) in [6.07, 6.45) is 0. The zero-order chi connectivity index (χ0) is 19.4. The van der Waals surface area contributed by atoms with Crippen LogP contribution in [-0.4, -0.2) is 34.7 Å². The average molecular weight is 427 g/mol. The highest BCUT2D eigenvalue weighted by molar-refractivity contribution is 6.43. The summed E-state index contributed by atoms with van der Waals surface area (Å²) in [6.45, 7) is -0.0784. The van der Waals surface area contributed by atoms with Crippen molar-refractivity contribution in [1.29, 1.82) is 0 Å². The van der Waals surface area contributed by atoms with Gasteiger partial charge in [-0.15, -0.1) is 10.2 Å². The van der Waals surface area contributed by atoms with E-state index in [0.717, 1.165) is 5.56 Å². The van der Waals surface area contributed by atoms with Crippen LogP contribution in [0.4, 0.5) is 0 Å². The van der Waals surface area contributed by atoms with Crippen LogP contribution in [-0.2, 0) is 11.3 Å². The molecule has 0 fully saturated rings. The largest absolute Gasteiger partial charge is 0.482 e. The van der Waals surface area contributed by atoms with Gasteiger partial charge < -0.3 is 14.1 Å². The van der Waals surface area contributed by atoms with Gasteiger partial charge in [-0.05, 0) is 18.2 Å². The van der Waals surface area contributed by atoms with Crippen molar-refractivity contribution in [2.45, 2.75) is 6.54 Å². The molecule has 0 N–H and O–H groups in total. The van der Waals surface area contributed by atoms with E-state index in [1.54, 1.807) is 7.05 Å². The summed E-state index contributed by atoms with van der Waals surface area (Å²) in [5.41, 5.74) is 0.808. The minimum Gasteiger partial charge on any atom is -0.482 e. The first kappa shape index (κ1) is 19.5. The third-order valence-electron chi connectivity index (χ3n) is 3.61. The summed E-state index contributed by atoms with van der Waals surface area (Å²) in [5, 5.41) is 8.82. The van der Waals surface area contributed by atoms with E-state index in [9.17, 15) is 4.79 Å². The summed E-state index contributed by atoms with van der Waals surface area (Å²) >= 11 is 17.8. The highest BCUT2D eigenvalue weighted by Gasteiger charge is 2.16. The lowest BCUT2D eigenvalue weighted by molar-refractivity contribution is -0.132. The van der Waals surface area contributed by atoms with Gasteiger partial charge in [0, 0.05) is 18.7 Å². The van der Waals surface area contributed by atoms with E-state index < -0.39 is 0 Å². The van der Waals surface area contributed by atoms with Gasteiger partial charge in [-0.2, -0.15) is 0 Å². The number of carbonyl (C=O) groups excluding carboxylic acids is 1. The normalized spacial score (nSPS) is 10.7. The van der Waals surface area contributed by atoms with Crippen molar-refractivity contribution < 1.29 is 13.9 Å². The molecule has 27 heavy (non-hydrogen) atoms. The summed E-state index contributed by atoms with van der Waals surface area (Å²) < 4.78 is 11.0. The quantitative estimate of drug-likeness (QED) is 0.533. The molecule has 0 aliphatic rings. The van der Waals surface area contributed by atoms with E-state index in [1.165, 1.54) is 17.0 Å². The second-order valence-corrected chi connectivity index (χ2v) is 6.82. The fourth-order valence-corrected chi connectivity index (χ4v) is 2.76. The van der Waals surface area contributed by atoms with Gasteiger partial charge in [0.25, 0.3) is 5.91 Å². The standard InChI is InChI=1S/C18H14Cl3N3O3/c1-24(9-16-22-23-18(27-16)11-5-3-2-4-6-11)17(25)10-26-15-8-13(20)12(19)7-14(15)21/h2-8H,9-10H2,1H3. The zero-order valence-corrected chi connectivity index (χ0v) is 16.4. The van der Waals surface area contributed by atoms with Crippen molar-refractivity contribution in [2.24, 2.45) is 0 Å². The second-order valence-electron chi connectivity index (χ2n) is 5.60. The van der Waals surface area contributed by atoms with E-state index >= 15 is 0 Å². The first-order valence-corrected chi connectivity index (χ1v) is 8.96. The number of likely N-dealkylation sites (N-methyl/N-ethyl adjacent to an activating group) is 1. The van der Waals surface area contributed by atoms with E-state index in [4.69, 9.17) is 44.0 Å². The smallest absolute Gasteiger partial charge is 0.260 e. The molecule has 0 radical (unpaired) electrons. The minimum absolute atomic E-state index is 0.150. The molecule has 0 aliphatic heterocycles. The molecule has 9 heteroatoms. The van der Waals surface area contributed by atoms with Crippen LogP contribution in [0.15, 0.2) is 46.9 Å². The molecule has 3 rings (SSSR count). The summed E-state index contributed by atoms with van der Waals surface area (Å²) in [4.78, 5) is 13.7. The SMILES string of the molecule is CN(Cc1nnc(-c2ccccc2)o1)C(=O)COc1cc(Cl)c(Cl)cc1Cl. The number of carbonyl (C=O) groups is 1. The summed E-state index contributed by atoms with van der Waals surface area (Å²) in [5.74, 6) is 0.691. The Morgan fingerprint density at radius 3 is 2.52 bits per heavy atom. The van der Waals surface area contributed by atoms with Crippen molar-refractivity contribution in [3.05, 3.63) is 63.4 Å². The third kappa shape index (κ3) is 4.91. The minimum atomic E-state index is -0.295. The maximum absolute atomic E-state index is 12.3. The lowest BCUT2D eigenvalue weighted by Crippen LogP contribution is -2.31. The molecular formula is C18H14Cl3N3O3. The number of halogens is 3. The molecule has 3 aromatic rings. The van der Waals surface area contributed by atoms with E-state index in [2.05, 4.69) is 10.2 Å². The summed E-state index contributed by atoms with van der Waals surface area (Å²) in [7, 11) is 1.61. The van der Waals surface area contributed by atoms with E-state index in [-0.39, 0.29) is 34.9 Å².